The zero-order valence-corrected chi connectivity index (χ0v) is 13.8. The largest absolute Gasteiger partial charge is 0.497 e. The molecular formula is C18H19N3O4. The first-order valence-corrected chi connectivity index (χ1v) is 7.90. The van der Waals surface area contributed by atoms with Gasteiger partial charge in [-0.05, 0) is 35.4 Å². The summed E-state index contributed by atoms with van der Waals surface area (Å²) in [5, 5.41) is 2.83. The second kappa shape index (κ2) is 7.65. The number of benzene rings is 1. The second-order valence-electron chi connectivity index (χ2n) is 5.64. The van der Waals surface area contributed by atoms with Gasteiger partial charge in [-0.15, -0.1) is 0 Å². The molecule has 2 heterocycles. The molecule has 0 spiro atoms. The Bertz CT molecular complexity index is 734. The monoisotopic (exact) mass is 341 g/mol. The Kier molecular flexibility index (Phi) is 5.13. The van der Waals surface area contributed by atoms with Crippen molar-refractivity contribution in [3.05, 3.63) is 59.9 Å². The average molecular weight is 341 g/mol. The number of carbonyl (C=O) groups excluding carboxylic acids is 2. The maximum absolute atomic E-state index is 12.4. The van der Waals surface area contributed by atoms with Crippen molar-refractivity contribution < 1.29 is 19.1 Å². The third-order valence-corrected chi connectivity index (χ3v) is 4.01. The van der Waals surface area contributed by atoms with E-state index >= 15 is 0 Å². The highest BCUT2D eigenvalue weighted by Crippen LogP contribution is 2.19. The number of pyridine rings is 1. The van der Waals surface area contributed by atoms with Gasteiger partial charge in [0, 0.05) is 18.9 Å². The molecule has 0 radical (unpaired) electrons. The van der Waals surface area contributed by atoms with E-state index in [0.29, 0.717) is 13.1 Å². The number of amides is 2. The van der Waals surface area contributed by atoms with Gasteiger partial charge in [-0.3, -0.25) is 14.7 Å². The van der Waals surface area contributed by atoms with Crippen molar-refractivity contribution in [2.24, 2.45) is 0 Å². The molecule has 1 aliphatic rings. The molecule has 2 aromatic rings. The van der Waals surface area contributed by atoms with Crippen LogP contribution in [-0.4, -0.2) is 41.6 Å². The normalized spacial score (nSPS) is 16.4. The first kappa shape index (κ1) is 16.8. The third kappa shape index (κ3) is 4.06. The molecule has 0 bridgehead atoms. The topological polar surface area (TPSA) is 80.8 Å². The van der Waals surface area contributed by atoms with Gasteiger partial charge in [0.25, 0.3) is 0 Å². The Morgan fingerprint density at radius 3 is 2.64 bits per heavy atom. The quantitative estimate of drug-likeness (QED) is 0.865. The van der Waals surface area contributed by atoms with Gasteiger partial charge in [0.1, 0.15) is 18.4 Å². The van der Waals surface area contributed by atoms with E-state index in [9.17, 15) is 9.59 Å². The lowest BCUT2D eigenvalue weighted by Crippen LogP contribution is -2.45. The average Bonchev–Trinajstić information content (AvgIpc) is 3.02. The summed E-state index contributed by atoms with van der Waals surface area (Å²) < 4.78 is 10.2. The fraction of sp³-hybridized carbons (Fsp3) is 0.278. The first-order valence-electron chi connectivity index (χ1n) is 7.90. The standard InChI is InChI=1S/C18H19N3O4/c1-24-15-4-2-14(3-5-15)11-21-16(12-25-18(21)23)17(22)20-10-13-6-8-19-9-7-13/h2-9,16H,10-12H2,1H3,(H,20,22)/t16-/m0/s1. The number of aromatic nitrogens is 1. The van der Waals surface area contributed by atoms with E-state index in [-0.39, 0.29) is 12.5 Å². The van der Waals surface area contributed by atoms with Gasteiger partial charge in [0.05, 0.1) is 13.7 Å². The highest BCUT2D eigenvalue weighted by molar-refractivity contribution is 5.87. The maximum Gasteiger partial charge on any atom is 0.410 e. The molecule has 7 nitrogen and oxygen atoms in total. The number of cyclic esters (lactones) is 1. The number of methoxy groups -OCH3 is 1. The van der Waals surface area contributed by atoms with Crippen LogP contribution in [0, 0.1) is 0 Å². The number of hydrogen-bond donors (Lipinski definition) is 1. The van der Waals surface area contributed by atoms with Crippen molar-refractivity contribution >= 4 is 12.0 Å². The smallest absolute Gasteiger partial charge is 0.410 e. The molecule has 1 atom stereocenters. The van der Waals surface area contributed by atoms with Crippen LogP contribution < -0.4 is 10.1 Å². The van der Waals surface area contributed by atoms with E-state index in [1.165, 1.54) is 4.90 Å². The van der Waals surface area contributed by atoms with E-state index < -0.39 is 12.1 Å². The van der Waals surface area contributed by atoms with Crippen LogP contribution in [0.1, 0.15) is 11.1 Å². The Hall–Kier alpha value is -3.09. The zero-order chi connectivity index (χ0) is 17.6. The molecular weight excluding hydrogens is 322 g/mol. The third-order valence-electron chi connectivity index (χ3n) is 4.01. The summed E-state index contributed by atoms with van der Waals surface area (Å²) in [6.45, 7) is 0.732. The fourth-order valence-corrected chi connectivity index (χ4v) is 2.58. The van der Waals surface area contributed by atoms with Gasteiger partial charge in [0.15, 0.2) is 0 Å². The van der Waals surface area contributed by atoms with Gasteiger partial charge in [-0.2, -0.15) is 0 Å². The van der Waals surface area contributed by atoms with Crippen molar-refractivity contribution in [2.45, 2.75) is 19.1 Å². The minimum atomic E-state index is -0.642. The second-order valence-corrected chi connectivity index (χ2v) is 5.64. The van der Waals surface area contributed by atoms with Crippen LogP contribution in [0.2, 0.25) is 0 Å². The van der Waals surface area contributed by atoms with E-state index in [1.54, 1.807) is 19.5 Å². The van der Waals surface area contributed by atoms with Crippen LogP contribution in [0.15, 0.2) is 48.8 Å². The Morgan fingerprint density at radius 2 is 1.96 bits per heavy atom. The van der Waals surface area contributed by atoms with Crippen LogP contribution >= 0.6 is 0 Å². The minimum Gasteiger partial charge on any atom is -0.497 e. The number of nitrogens with one attached hydrogen (secondary N) is 1. The predicted molar refractivity (Wildman–Crippen MR) is 89.8 cm³/mol. The van der Waals surface area contributed by atoms with E-state index in [2.05, 4.69) is 10.3 Å². The Labute approximate surface area is 145 Å². The Morgan fingerprint density at radius 1 is 1.24 bits per heavy atom. The lowest BCUT2D eigenvalue weighted by Gasteiger charge is -2.21. The van der Waals surface area contributed by atoms with Gasteiger partial charge >= 0.3 is 6.09 Å². The molecule has 3 rings (SSSR count). The van der Waals surface area contributed by atoms with Crippen molar-refractivity contribution in [2.75, 3.05) is 13.7 Å². The molecule has 130 valence electrons. The maximum atomic E-state index is 12.4. The molecule has 0 saturated carbocycles. The van der Waals surface area contributed by atoms with Crippen LogP contribution in [0.5, 0.6) is 5.75 Å². The summed E-state index contributed by atoms with van der Waals surface area (Å²) in [4.78, 5) is 29.8. The van der Waals surface area contributed by atoms with Gasteiger partial charge < -0.3 is 14.8 Å². The molecule has 0 unspecified atom stereocenters. The summed E-state index contributed by atoms with van der Waals surface area (Å²) >= 11 is 0. The van der Waals surface area contributed by atoms with E-state index in [4.69, 9.17) is 9.47 Å². The predicted octanol–water partition coefficient (Wildman–Crippen LogP) is 1.73. The molecule has 25 heavy (non-hydrogen) atoms. The van der Waals surface area contributed by atoms with Crippen molar-refractivity contribution in [1.82, 2.24) is 15.2 Å². The molecule has 1 aliphatic heterocycles. The number of nitrogens with zero attached hydrogens (tertiary/aromatic N) is 2. The number of rotatable bonds is 6. The molecule has 1 N–H and O–H groups in total. The summed E-state index contributed by atoms with van der Waals surface area (Å²) in [6.07, 6.45) is 2.85. The van der Waals surface area contributed by atoms with E-state index in [1.807, 2.05) is 36.4 Å². The lowest BCUT2D eigenvalue weighted by molar-refractivity contribution is -0.125. The number of ether oxygens (including phenoxy) is 2. The fourth-order valence-electron chi connectivity index (χ4n) is 2.58. The highest BCUT2D eigenvalue weighted by atomic mass is 16.6. The lowest BCUT2D eigenvalue weighted by atomic mass is 10.1. The number of hydrogen-bond acceptors (Lipinski definition) is 5. The summed E-state index contributed by atoms with van der Waals surface area (Å²) in [7, 11) is 1.59. The van der Waals surface area contributed by atoms with Crippen LogP contribution in [0.3, 0.4) is 0 Å². The molecule has 1 fully saturated rings. The van der Waals surface area contributed by atoms with Crippen LogP contribution in [0.25, 0.3) is 0 Å². The molecule has 1 saturated heterocycles. The van der Waals surface area contributed by atoms with Crippen LogP contribution in [-0.2, 0) is 22.6 Å². The van der Waals surface area contributed by atoms with Gasteiger partial charge in [0.2, 0.25) is 5.91 Å². The first-order chi connectivity index (χ1) is 12.2. The summed E-state index contributed by atoms with van der Waals surface area (Å²) in [6, 6.07) is 10.4. The SMILES string of the molecule is COc1ccc(CN2C(=O)OC[C@H]2C(=O)NCc2ccncc2)cc1. The summed E-state index contributed by atoms with van der Waals surface area (Å²) in [5.74, 6) is 0.496. The molecule has 1 aromatic heterocycles. The van der Waals surface area contributed by atoms with Crippen molar-refractivity contribution in [3.8, 4) is 5.75 Å². The number of carbonyl (C=O) groups is 2. The molecule has 2 amide bonds. The molecule has 7 heteroatoms. The van der Waals surface area contributed by atoms with Crippen molar-refractivity contribution in [1.29, 1.82) is 0 Å². The van der Waals surface area contributed by atoms with Crippen molar-refractivity contribution in [3.63, 3.8) is 0 Å². The highest BCUT2D eigenvalue weighted by Gasteiger charge is 2.37. The molecule has 0 aliphatic carbocycles. The van der Waals surface area contributed by atoms with Gasteiger partial charge in [-0.1, -0.05) is 12.1 Å². The van der Waals surface area contributed by atoms with Crippen LogP contribution in [0.4, 0.5) is 4.79 Å². The zero-order valence-electron chi connectivity index (χ0n) is 13.8. The Balaban J connectivity index is 1.63. The summed E-state index contributed by atoms with van der Waals surface area (Å²) in [5.41, 5.74) is 1.84. The van der Waals surface area contributed by atoms with Gasteiger partial charge in [-0.25, -0.2) is 4.79 Å². The minimum absolute atomic E-state index is 0.0527. The molecule has 1 aromatic carbocycles. The van der Waals surface area contributed by atoms with E-state index in [0.717, 1.165) is 16.9 Å².